The number of carbonyl (C=O) groups excluding carboxylic acids is 2. The second-order valence-electron chi connectivity index (χ2n) is 4.21. The van der Waals surface area contributed by atoms with E-state index >= 15 is 0 Å². The van der Waals surface area contributed by atoms with Crippen molar-refractivity contribution < 1.29 is 9.59 Å². The molecule has 2 N–H and O–H groups in total. The standard InChI is InChI=1S/C10H16N2O2/c1-2-11-9(14)10-5-3-7(4-6-10)8(13)12-10/h7H,2-6H2,1H3,(H,11,14)(H,12,13). The molecular weight excluding hydrogens is 180 g/mol. The maximum Gasteiger partial charge on any atom is 0.245 e. The van der Waals surface area contributed by atoms with Crippen LogP contribution >= 0.6 is 0 Å². The number of hydrogen-bond acceptors (Lipinski definition) is 2. The summed E-state index contributed by atoms with van der Waals surface area (Å²) in [7, 11) is 0. The lowest BCUT2D eigenvalue weighted by atomic mass is 9.71. The van der Waals surface area contributed by atoms with Gasteiger partial charge in [0.05, 0.1) is 0 Å². The van der Waals surface area contributed by atoms with Crippen LogP contribution in [0, 0.1) is 5.92 Å². The Labute approximate surface area is 83.4 Å². The monoisotopic (exact) mass is 196 g/mol. The highest BCUT2D eigenvalue weighted by atomic mass is 16.2. The fraction of sp³-hybridized carbons (Fsp3) is 0.800. The quantitative estimate of drug-likeness (QED) is 0.662. The van der Waals surface area contributed by atoms with Gasteiger partial charge in [-0.15, -0.1) is 0 Å². The number of amides is 2. The first-order valence-corrected chi connectivity index (χ1v) is 5.28. The van der Waals surface area contributed by atoms with E-state index in [-0.39, 0.29) is 17.7 Å². The minimum absolute atomic E-state index is 0.00787. The lowest BCUT2D eigenvalue weighted by molar-refractivity contribution is -0.144. The third-order valence-electron chi connectivity index (χ3n) is 3.34. The van der Waals surface area contributed by atoms with Crippen molar-refractivity contribution in [2.45, 2.75) is 38.1 Å². The van der Waals surface area contributed by atoms with Gasteiger partial charge >= 0.3 is 0 Å². The summed E-state index contributed by atoms with van der Waals surface area (Å²) in [5.41, 5.74) is -0.582. The molecule has 0 atom stereocenters. The summed E-state index contributed by atoms with van der Waals surface area (Å²) in [6.07, 6.45) is 3.33. The second-order valence-corrected chi connectivity index (χ2v) is 4.21. The van der Waals surface area contributed by atoms with Crippen LogP contribution in [-0.2, 0) is 9.59 Å². The van der Waals surface area contributed by atoms with Gasteiger partial charge in [-0.25, -0.2) is 0 Å². The first-order valence-electron chi connectivity index (χ1n) is 5.28. The number of nitrogens with one attached hydrogen (secondary N) is 2. The number of hydrogen-bond donors (Lipinski definition) is 2. The lowest BCUT2D eigenvalue weighted by Gasteiger charge is -2.45. The molecule has 1 aliphatic carbocycles. The molecule has 2 aliphatic heterocycles. The Morgan fingerprint density at radius 1 is 1.57 bits per heavy atom. The Kier molecular flexibility index (Phi) is 2.21. The number of piperidine rings is 2. The summed E-state index contributed by atoms with van der Waals surface area (Å²) in [5, 5.41) is 5.66. The van der Waals surface area contributed by atoms with Crippen LogP contribution in [0.25, 0.3) is 0 Å². The number of fused-ring (bicyclic) bond motifs is 3. The highest BCUT2D eigenvalue weighted by Crippen LogP contribution is 2.37. The molecule has 1 saturated carbocycles. The fourth-order valence-electron chi connectivity index (χ4n) is 2.45. The first-order chi connectivity index (χ1) is 6.68. The molecule has 4 heteroatoms. The smallest absolute Gasteiger partial charge is 0.245 e. The van der Waals surface area contributed by atoms with Crippen LogP contribution in [0.4, 0.5) is 0 Å². The largest absolute Gasteiger partial charge is 0.354 e. The van der Waals surface area contributed by atoms with Crippen LogP contribution < -0.4 is 10.6 Å². The molecule has 0 radical (unpaired) electrons. The van der Waals surface area contributed by atoms with Gasteiger partial charge in [0.25, 0.3) is 0 Å². The van der Waals surface area contributed by atoms with Gasteiger partial charge in [-0.1, -0.05) is 0 Å². The van der Waals surface area contributed by atoms with Crippen molar-refractivity contribution in [2.75, 3.05) is 6.54 Å². The van der Waals surface area contributed by atoms with Gasteiger partial charge in [0.2, 0.25) is 11.8 Å². The van der Waals surface area contributed by atoms with Crippen molar-refractivity contribution in [3.05, 3.63) is 0 Å². The average Bonchev–Trinajstić information content (AvgIpc) is 2.19. The molecule has 0 unspecified atom stereocenters. The van der Waals surface area contributed by atoms with Gasteiger partial charge in [0, 0.05) is 12.5 Å². The van der Waals surface area contributed by atoms with E-state index in [1.165, 1.54) is 0 Å². The van der Waals surface area contributed by atoms with E-state index in [2.05, 4.69) is 10.6 Å². The van der Waals surface area contributed by atoms with E-state index in [0.29, 0.717) is 6.54 Å². The Morgan fingerprint density at radius 3 is 2.71 bits per heavy atom. The normalized spacial score (nSPS) is 35.2. The molecule has 0 aromatic heterocycles. The number of rotatable bonds is 2. The van der Waals surface area contributed by atoms with Crippen LogP contribution in [0.3, 0.4) is 0 Å². The topological polar surface area (TPSA) is 58.2 Å². The van der Waals surface area contributed by atoms with Gasteiger partial charge in [-0.2, -0.15) is 0 Å². The van der Waals surface area contributed by atoms with Gasteiger partial charge in [-0.05, 0) is 32.6 Å². The SMILES string of the molecule is CCNC(=O)C12CCC(CC1)C(=O)N2. The molecule has 3 rings (SSSR count). The van der Waals surface area contributed by atoms with E-state index in [9.17, 15) is 9.59 Å². The Bertz CT molecular complexity index is 267. The maximum atomic E-state index is 11.8. The summed E-state index contributed by atoms with van der Waals surface area (Å²) < 4.78 is 0. The van der Waals surface area contributed by atoms with Crippen LogP contribution in [-0.4, -0.2) is 23.9 Å². The molecule has 2 heterocycles. The summed E-state index contributed by atoms with van der Waals surface area (Å²) in [6, 6.07) is 0. The molecule has 0 aromatic carbocycles. The molecule has 2 amide bonds. The number of carbonyl (C=O) groups is 2. The predicted octanol–water partition coefficient (Wildman–Crippen LogP) is 0.181. The highest BCUT2D eigenvalue weighted by molar-refractivity contribution is 5.94. The molecule has 2 bridgehead atoms. The van der Waals surface area contributed by atoms with E-state index in [4.69, 9.17) is 0 Å². The molecule has 0 spiro atoms. The lowest BCUT2D eigenvalue weighted by Crippen LogP contribution is -2.65. The van der Waals surface area contributed by atoms with Crippen LogP contribution in [0.1, 0.15) is 32.6 Å². The zero-order valence-electron chi connectivity index (χ0n) is 8.43. The Morgan fingerprint density at radius 2 is 2.21 bits per heavy atom. The summed E-state index contributed by atoms with van der Waals surface area (Å²) in [6.45, 7) is 2.52. The van der Waals surface area contributed by atoms with E-state index in [0.717, 1.165) is 25.7 Å². The Balaban J connectivity index is 2.14. The molecular formula is C10H16N2O2. The van der Waals surface area contributed by atoms with Gasteiger partial charge in [-0.3, -0.25) is 9.59 Å². The Hall–Kier alpha value is -1.06. The molecule has 78 valence electrons. The minimum Gasteiger partial charge on any atom is -0.354 e. The molecule has 0 aromatic rings. The third-order valence-corrected chi connectivity index (χ3v) is 3.34. The highest BCUT2D eigenvalue weighted by Gasteiger charge is 2.49. The third kappa shape index (κ3) is 1.29. The van der Waals surface area contributed by atoms with Crippen LogP contribution in [0.2, 0.25) is 0 Å². The van der Waals surface area contributed by atoms with Crippen molar-refractivity contribution in [2.24, 2.45) is 5.92 Å². The average molecular weight is 196 g/mol. The van der Waals surface area contributed by atoms with Crippen molar-refractivity contribution in [3.63, 3.8) is 0 Å². The molecule has 2 saturated heterocycles. The zero-order chi connectivity index (χ0) is 10.2. The van der Waals surface area contributed by atoms with Gasteiger partial charge in [0.15, 0.2) is 0 Å². The molecule has 3 aliphatic rings. The molecule has 4 nitrogen and oxygen atoms in total. The van der Waals surface area contributed by atoms with Crippen LogP contribution in [0.5, 0.6) is 0 Å². The van der Waals surface area contributed by atoms with Crippen LogP contribution in [0.15, 0.2) is 0 Å². The fourth-order valence-corrected chi connectivity index (χ4v) is 2.45. The van der Waals surface area contributed by atoms with Gasteiger partial charge in [0.1, 0.15) is 5.54 Å². The number of likely N-dealkylation sites (N-methyl/N-ethyl adjacent to an activating group) is 1. The van der Waals surface area contributed by atoms with Crippen molar-refractivity contribution in [1.29, 1.82) is 0 Å². The summed E-state index contributed by atoms with van der Waals surface area (Å²) >= 11 is 0. The second kappa shape index (κ2) is 3.26. The van der Waals surface area contributed by atoms with Crippen molar-refractivity contribution >= 4 is 11.8 Å². The first kappa shape index (κ1) is 9.49. The molecule has 14 heavy (non-hydrogen) atoms. The van der Waals surface area contributed by atoms with Crippen molar-refractivity contribution in [3.8, 4) is 0 Å². The van der Waals surface area contributed by atoms with E-state index in [1.807, 2.05) is 6.92 Å². The summed E-state index contributed by atoms with van der Waals surface area (Å²) in [5.74, 6) is 0.214. The summed E-state index contributed by atoms with van der Waals surface area (Å²) in [4.78, 5) is 23.3. The van der Waals surface area contributed by atoms with E-state index < -0.39 is 5.54 Å². The zero-order valence-corrected chi connectivity index (χ0v) is 8.43. The minimum atomic E-state index is -0.582. The predicted molar refractivity (Wildman–Crippen MR) is 51.5 cm³/mol. The molecule has 3 fully saturated rings. The van der Waals surface area contributed by atoms with Crippen molar-refractivity contribution in [1.82, 2.24) is 10.6 Å². The maximum absolute atomic E-state index is 11.8. The van der Waals surface area contributed by atoms with E-state index in [1.54, 1.807) is 0 Å². The van der Waals surface area contributed by atoms with Gasteiger partial charge < -0.3 is 10.6 Å².